The van der Waals surface area contributed by atoms with Crippen LogP contribution in [-0.2, 0) is 25.6 Å². The third-order valence-corrected chi connectivity index (χ3v) is 4.58. The highest BCUT2D eigenvalue weighted by molar-refractivity contribution is 9.09. The molecule has 5 atom stereocenters. The number of halogens is 1. The second kappa shape index (κ2) is 5.97. The summed E-state index contributed by atoms with van der Waals surface area (Å²) in [4.78, 5) is 0. The van der Waals surface area contributed by atoms with Crippen molar-refractivity contribution in [1.82, 2.24) is 0 Å². The Bertz CT molecular complexity index is 478. The molecule has 3 rings (SSSR count). The quantitative estimate of drug-likeness (QED) is 0.779. The maximum atomic E-state index is 6.06. The van der Waals surface area contributed by atoms with Gasteiger partial charge < -0.3 is 18.9 Å². The Kier molecular flexibility index (Phi) is 4.39. The summed E-state index contributed by atoms with van der Waals surface area (Å²) in [5.41, 5.74) is 1.13. The molecular weight excluding hydrogens is 336 g/mol. The van der Waals surface area contributed by atoms with Gasteiger partial charge in [0.1, 0.15) is 23.3 Å². The molecule has 0 aromatic heterocycles. The molecule has 1 aromatic carbocycles. The molecule has 0 N–H and O–H groups in total. The summed E-state index contributed by atoms with van der Waals surface area (Å²) in [6.07, 6.45) is -0.461. The minimum Gasteiger partial charge on any atom is -0.367 e. The summed E-state index contributed by atoms with van der Waals surface area (Å²) >= 11 is 3.56. The van der Waals surface area contributed by atoms with Gasteiger partial charge in [-0.2, -0.15) is 0 Å². The first-order chi connectivity index (χ1) is 9.96. The van der Waals surface area contributed by atoms with E-state index in [1.54, 1.807) is 0 Å². The fraction of sp³-hybridized carbons (Fsp3) is 0.625. The Morgan fingerprint density at radius 1 is 1.14 bits per heavy atom. The van der Waals surface area contributed by atoms with Crippen molar-refractivity contribution in [1.29, 1.82) is 0 Å². The molecule has 0 radical (unpaired) electrons. The van der Waals surface area contributed by atoms with Gasteiger partial charge in [0.25, 0.3) is 0 Å². The van der Waals surface area contributed by atoms with Gasteiger partial charge in [0, 0.05) is 0 Å². The zero-order valence-corrected chi connectivity index (χ0v) is 14.1. The second-order valence-corrected chi connectivity index (χ2v) is 6.92. The summed E-state index contributed by atoms with van der Waals surface area (Å²) in [7, 11) is 0. The second-order valence-electron chi connectivity index (χ2n) is 6.02. The van der Waals surface area contributed by atoms with Gasteiger partial charge >= 0.3 is 0 Å². The fourth-order valence-corrected chi connectivity index (χ4v) is 3.67. The predicted octanol–water partition coefficient (Wildman–Crippen LogP) is 3.23. The molecule has 0 spiro atoms. The molecule has 2 heterocycles. The van der Waals surface area contributed by atoms with Gasteiger partial charge in [-0.3, -0.25) is 0 Å². The molecule has 1 aromatic rings. The van der Waals surface area contributed by atoms with Gasteiger partial charge in [-0.05, 0) is 26.3 Å². The van der Waals surface area contributed by atoms with E-state index in [0.717, 1.165) is 5.56 Å². The average molecular weight is 357 g/mol. The minimum atomic E-state index is -0.599. The Hall–Kier alpha value is -0.460. The highest BCUT2D eigenvalue weighted by atomic mass is 79.9. The van der Waals surface area contributed by atoms with E-state index in [2.05, 4.69) is 15.9 Å². The average Bonchev–Trinajstić information content (AvgIpc) is 2.76. The first kappa shape index (κ1) is 15.4. The van der Waals surface area contributed by atoms with Crippen LogP contribution in [0.3, 0.4) is 0 Å². The minimum absolute atomic E-state index is 0.0299. The van der Waals surface area contributed by atoms with Crippen molar-refractivity contribution >= 4 is 15.9 Å². The summed E-state index contributed by atoms with van der Waals surface area (Å²) < 4.78 is 23.9. The van der Waals surface area contributed by atoms with Crippen LogP contribution in [0.4, 0.5) is 0 Å². The highest BCUT2D eigenvalue weighted by Gasteiger charge is 2.53. The molecule has 2 aliphatic rings. The number of ether oxygens (including phenoxy) is 4. The van der Waals surface area contributed by atoms with E-state index in [-0.39, 0.29) is 29.4 Å². The number of benzene rings is 1. The molecule has 0 bridgehead atoms. The zero-order valence-electron chi connectivity index (χ0n) is 12.5. The highest BCUT2D eigenvalue weighted by Crippen LogP contribution is 2.40. The monoisotopic (exact) mass is 356 g/mol. The van der Waals surface area contributed by atoms with Crippen LogP contribution in [0.2, 0.25) is 0 Å². The van der Waals surface area contributed by atoms with Crippen molar-refractivity contribution in [3.8, 4) is 0 Å². The molecule has 0 saturated carbocycles. The van der Waals surface area contributed by atoms with Crippen LogP contribution in [0.15, 0.2) is 30.3 Å². The van der Waals surface area contributed by atoms with E-state index in [9.17, 15) is 0 Å². The van der Waals surface area contributed by atoms with Crippen molar-refractivity contribution in [3.05, 3.63) is 35.9 Å². The Labute approximate surface area is 133 Å². The van der Waals surface area contributed by atoms with Crippen molar-refractivity contribution in [2.45, 2.75) is 62.6 Å². The number of rotatable bonds is 3. The van der Waals surface area contributed by atoms with Gasteiger partial charge in [0.15, 0.2) is 5.79 Å². The molecule has 0 aliphatic carbocycles. The Morgan fingerprint density at radius 2 is 1.81 bits per heavy atom. The molecular formula is C16H21BrO4. The SMILES string of the molecule is C[C@@H]1O[C@@H](Br)[C@@H](OCc2ccccc2)[C@@H]2OC(C)(C)O[C@@H]21. The number of hydrogen-bond donors (Lipinski definition) is 0. The molecule has 0 amide bonds. The van der Waals surface area contributed by atoms with Gasteiger partial charge in [-0.25, -0.2) is 0 Å². The summed E-state index contributed by atoms with van der Waals surface area (Å²) in [6.45, 7) is 6.38. The van der Waals surface area contributed by atoms with E-state index < -0.39 is 5.79 Å². The summed E-state index contributed by atoms with van der Waals surface area (Å²) in [6, 6.07) is 10.1. The third-order valence-electron chi connectivity index (χ3n) is 3.84. The topological polar surface area (TPSA) is 36.9 Å². The molecule has 4 nitrogen and oxygen atoms in total. The Balaban J connectivity index is 1.71. The third kappa shape index (κ3) is 3.32. The van der Waals surface area contributed by atoms with E-state index in [1.807, 2.05) is 51.1 Å². The zero-order chi connectivity index (χ0) is 15.0. The van der Waals surface area contributed by atoms with E-state index in [0.29, 0.717) is 6.61 Å². The first-order valence-electron chi connectivity index (χ1n) is 7.27. The standard InChI is InChI=1S/C16H21BrO4/c1-10-12-13(21-16(2,3)20-12)14(15(17)19-10)18-9-11-7-5-4-6-8-11/h4-8,10,12-15H,9H2,1-3H3/t10-,12+,13+,14-,15+/m0/s1. The maximum Gasteiger partial charge on any atom is 0.164 e. The van der Waals surface area contributed by atoms with Crippen LogP contribution >= 0.6 is 15.9 Å². The maximum absolute atomic E-state index is 6.06. The molecule has 5 heteroatoms. The normalized spacial score (nSPS) is 38.2. The van der Waals surface area contributed by atoms with Gasteiger partial charge in [0.2, 0.25) is 0 Å². The summed E-state index contributed by atoms with van der Waals surface area (Å²) in [5, 5.41) is -0.199. The number of fused-ring (bicyclic) bond motifs is 1. The lowest BCUT2D eigenvalue weighted by Gasteiger charge is -2.38. The number of alkyl halides is 1. The lowest BCUT2D eigenvalue weighted by molar-refractivity contribution is -0.173. The first-order valence-corrected chi connectivity index (χ1v) is 8.18. The van der Waals surface area contributed by atoms with Gasteiger partial charge in [-0.1, -0.05) is 46.3 Å². The molecule has 21 heavy (non-hydrogen) atoms. The summed E-state index contributed by atoms with van der Waals surface area (Å²) in [5.74, 6) is -0.599. The lowest BCUT2D eigenvalue weighted by atomic mass is 10.0. The van der Waals surface area contributed by atoms with Gasteiger partial charge in [-0.15, -0.1) is 0 Å². The molecule has 2 saturated heterocycles. The lowest BCUT2D eigenvalue weighted by Crippen LogP contribution is -2.54. The van der Waals surface area contributed by atoms with Crippen LogP contribution in [0, 0.1) is 0 Å². The van der Waals surface area contributed by atoms with Gasteiger partial charge in [0.05, 0.1) is 12.7 Å². The van der Waals surface area contributed by atoms with E-state index in [4.69, 9.17) is 18.9 Å². The van der Waals surface area contributed by atoms with Crippen LogP contribution in [0.5, 0.6) is 0 Å². The fourth-order valence-electron chi connectivity index (χ4n) is 2.88. The van der Waals surface area contributed by atoms with Crippen molar-refractivity contribution in [3.63, 3.8) is 0 Å². The molecule has 2 fully saturated rings. The van der Waals surface area contributed by atoms with Crippen LogP contribution in [0.1, 0.15) is 26.3 Å². The van der Waals surface area contributed by atoms with Crippen LogP contribution in [0.25, 0.3) is 0 Å². The molecule has 116 valence electrons. The Morgan fingerprint density at radius 3 is 2.52 bits per heavy atom. The van der Waals surface area contributed by atoms with Crippen molar-refractivity contribution in [2.24, 2.45) is 0 Å². The number of hydrogen-bond acceptors (Lipinski definition) is 4. The molecule has 0 unspecified atom stereocenters. The van der Waals surface area contributed by atoms with E-state index in [1.165, 1.54) is 0 Å². The van der Waals surface area contributed by atoms with Crippen LogP contribution in [-0.4, -0.2) is 35.2 Å². The largest absolute Gasteiger partial charge is 0.367 e. The smallest absolute Gasteiger partial charge is 0.164 e. The van der Waals surface area contributed by atoms with E-state index >= 15 is 0 Å². The van der Waals surface area contributed by atoms with Crippen LogP contribution < -0.4 is 0 Å². The molecule has 2 aliphatic heterocycles. The van der Waals surface area contributed by atoms with Crippen molar-refractivity contribution in [2.75, 3.05) is 0 Å². The predicted molar refractivity (Wildman–Crippen MR) is 82.1 cm³/mol. The van der Waals surface area contributed by atoms with Crippen molar-refractivity contribution < 1.29 is 18.9 Å².